The Hall–Kier alpha value is -0.240. The zero-order chi connectivity index (χ0) is 15.0. The van der Waals surface area contributed by atoms with Gasteiger partial charge in [0.05, 0.1) is 0 Å². The van der Waals surface area contributed by atoms with Crippen LogP contribution in [-0.2, 0) is 0 Å². The van der Waals surface area contributed by atoms with Crippen LogP contribution in [0.4, 0.5) is 0 Å². The minimum Gasteiger partial charge on any atom is -0.314 e. The van der Waals surface area contributed by atoms with Crippen molar-refractivity contribution in [3.63, 3.8) is 0 Å². The van der Waals surface area contributed by atoms with Crippen molar-refractivity contribution in [1.29, 1.82) is 0 Å². The van der Waals surface area contributed by atoms with Crippen LogP contribution < -0.4 is 21.7 Å². The summed E-state index contributed by atoms with van der Waals surface area (Å²) in [5, 5.41) is 10.3. The van der Waals surface area contributed by atoms with Gasteiger partial charge in [-0.05, 0) is 19.4 Å². The molecule has 0 amide bonds. The molecule has 21 heavy (non-hydrogen) atoms. The zero-order valence-corrected chi connectivity index (χ0v) is 13.7. The van der Waals surface area contributed by atoms with Gasteiger partial charge in [0.1, 0.15) is 5.79 Å². The standard InChI is InChI=1S/C15H34N6/c1-2-3-10-21(15(16)14-18-5-6-19-15)11-4-9-20-12-7-17-8-13-20/h17-19H,2-14,16H2,1H3. The molecule has 0 bridgehead atoms. The van der Waals surface area contributed by atoms with Crippen molar-refractivity contribution in [1.82, 2.24) is 25.8 Å². The highest BCUT2D eigenvalue weighted by molar-refractivity contribution is 4.88. The van der Waals surface area contributed by atoms with Crippen molar-refractivity contribution in [3.05, 3.63) is 0 Å². The lowest BCUT2D eigenvalue weighted by Gasteiger charge is -2.44. The van der Waals surface area contributed by atoms with Gasteiger partial charge in [0.25, 0.3) is 0 Å². The second kappa shape index (κ2) is 9.02. The van der Waals surface area contributed by atoms with Crippen LogP contribution in [-0.4, -0.2) is 81.0 Å². The van der Waals surface area contributed by atoms with Gasteiger partial charge in [0, 0.05) is 58.9 Å². The molecule has 6 nitrogen and oxygen atoms in total. The molecule has 2 saturated heterocycles. The third kappa shape index (κ3) is 5.47. The molecule has 2 fully saturated rings. The molecule has 0 aromatic carbocycles. The third-order valence-corrected chi connectivity index (χ3v) is 4.59. The van der Waals surface area contributed by atoms with Gasteiger partial charge < -0.3 is 15.5 Å². The van der Waals surface area contributed by atoms with Crippen LogP contribution in [0.25, 0.3) is 0 Å². The Morgan fingerprint density at radius 2 is 1.81 bits per heavy atom. The lowest BCUT2D eigenvalue weighted by molar-refractivity contribution is 0.0401. The van der Waals surface area contributed by atoms with Crippen LogP contribution in [0.3, 0.4) is 0 Å². The number of hydrogen-bond acceptors (Lipinski definition) is 6. The van der Waals surface area contributed by atoms with E-state index in [9.17, 15) is 0 Å². The van der Waals surface area contributed by atoms with Gasteiger partial charge in [-0.3, -0.25) is 16.0 Å². The van der Waals surface area contributed by atoms with Crippen molar-refractivity contribution >= 4 is 0 Å². The van der Waals surface area contributed by atoms with Crippen LogP contribution in [0.5, 0.6) is 0 Å². The molecule has 1 atom stereocenters. The van der Waals surface area contributed by atoms with Crippen LogP contribution in [0.2, 0.25) is 0 Å². The fourth-order valence-corrected chi connectivity index (χ4v) is 3.21. The normalized spacial score (nSPS) is 28.1. The van der Waals surface area contributed by atoms with Crippen LogP contribution in [0, 0.1) is 0 Å². The van der Waals surface area contributed by atoms with Crippen LogP contribution in [0.15, 0.2) is 0 Å². The second-order valence-corrected chi connectivity index (χ2v) is 6.31. The molecule has 0 aliphatic carbocycles. The topological polar surface area (TPSA) is 68.6 Å². The predicted octanol–water partition coefficient (Wildman–Crippen LogP) is -0.811. The Kier molecular flexibility index (Phi) is 7.36. The molecule has 2 rings (SSSR count). The van der Waals surface area contributed by atoms with Crippen molar-refractivity contribution in [2.45, 2.75) is 32.0 Å². The number of nitrogens with zero attached hydrogens (tertiary/aromatic N) is 2. The SMILES string of the molecule is CCCCN(CCCN1CCNCC1)C1(N)CNCCN1. The van der Waals surface area contributed by atoms with E-state index in [-0.39, 0.29) is 5.79 Å². The van der Waals surface area contributed by atoms with Crippen molar-refractivity contribution in [3.8, 4) is 0 Å². The molecule has 6 heteroatoms. The van der Waals surface area contributed by atoms with E-state index in [1.165, 1.54) is 38.9 Å². The van der Waals surface area contributed by atoms with E-state index in [1.54, 1.807) is 0 Å². The maximum Gasteiger partial charge on any atom is 0.136 e. The summed E-state index contributed by atoms with van der Waals surface area (Å²) >= 11 is 0. The number of hydrogen-bond donors (Lipinski definition) is 4. The van der Waals surface area contributed by atoms with Gasteiger partial charge in [0.2, 0.25) is 0 Å². The first kappa shape index (κ1) is 17.1. The second-order valence-electron chi connectivity index (χ2n) is 6.31. The maximum absolute atomic E-state index is 6.59. The summed E-state index contributed by atoms with van der Waals surface area (Å²) in [6.07, 6.45) is 3.64. The molecule has 1 unspecified atom stereocenters. The first-order valence-electron chi connectivity index (χ1n) is 8.67. The molecule has 2 aliphatic heterocycles. The van der Waals surface area contributed by atoms with E-state index >= 15 is 0 Å². The monoisotopic (exact) mass is 298 g/mol. The van der Waals surface area contributed by atoms with E-state index in [2.05, 4.69) is 32.7 Å². The summed E-state index contributed by atoms with van der Waals surface area (Å²) < 4.78 is 0. The van der Waals surface area contributed by atoms with Gasteiger partial charge in [0.15, 0.2) is 0 Å². The Morgan fingerprint density at radius 3 is 2.48 bits per heavy atom. The summed E-state index contributed by atoms with van der Waals surface area (Å²) in [6, 6.07) is 0. The number of unbranched alkanes of at least 4 members (excludes halogenated alkanes) is 1. The first-order chi connectivity index (χ1) is 10.2. The zero-order valence-electron chi connectivity index (χ0n) is 13.7. The quantitative estimate of drug-likeness (QED) is 0.440. The average Bonchev–Trinajstić information content (AvgIpc) is 2.52. The highest BCUT2D eigenvalue weighted by atomic mass is 15.4. The molecule has 0 radical (unpaired) electrons. The molecule has 0 saturated carbocycles. The van der Waals surface area contributed by atoms with E-state index in [0.29, 0.717) is 0 Å². The Morgan fingerprint density at radius 1 is 1.05 bits per heavy atom. The average molecular weight is 298 g/mol. The highest BCUT2D eigenvalue weighted by Gasteiger charge is 2.33. The number of piperazine rings is 2. The minimum absolute atomic E-state index is 0.364. The van der Waals surface area contributed by atoms with Crippen molar-refractivity contribution in [2.75, 3.05) is 65.4 Å². The molecule has 5 N–H and O–H groups in total. The van der Waals surface area contributed by atoms with E-state index in [0.717, 1.165) is 45.8 Å². The lowest BCUT2D eigenvalue weighted by atomic mass is 10.2. The predicted molar refractivity (Wildman–Crippen MR) is 88.2 cm³/mol. The molecule has 2 heterocycles. The summed E-state index contributed by atoms with van der Waals surface area (Å²) in [4.78, 5) is 5.01. The summed E-state index contributed by atoms with van der Waals surface area (Å²) in [6.45, 7) is 13.0. The van der Waals surface area contributed by atoms with Crippen LogP contribution >= 0.6 is 0 Å². The van der Waals surface area contributed by atoms with Crippen molar-refractivity contribution in [2.24, 2.45) is 5.73 Å². The largest absolute Gasteiger partial charge is 0.314 e. The van der Waals surface area contributed by atoms with Gasteiger partial charge in [-0.25, -0.2) is 0 Å². The summed E-state index contributed by atoms with van der Waals surface area (Å²) in [5.74, 6) is -0.364. The summed E-state index contributed by atoms with van der Waals surface area (Å²) in [7, 11) is 0. The van der Waals surface area contributed by atoms with Gasteiger partial charge in [-0.1, -0.05) is 13.3 Å². The molecular weight excluding hydrogens is 264 g/mol. The van der Waals surface area contributed by atoms with Gasteiger partial charge in [-0.15, -0.1) is 0 Å². The molecule has 0 spiro atoms. The maximum atomic E-state index is 6.59. The van der Waals surface area contributed by atoms with Gasteiger partial charge in [-0.2, -0.15) is 0 Å². The first-order valence-corrected chi connectivity index (χ1v) is 8.67. The van der Waals surface area contributed by atoms with Gasteiger partial charge >= 0.3 is 0 Å². The highest BCUT2D eigenvalue weighted by Crippen LogP contribution is 2.10. The smallest absolute Gasteiger partial charge is 0.136 e. The molecule has 124 valence electrons. The fraction of sp³-hybridized carbons (Fsp3) is 1.00. The summed E-state index contributed by atoms with van der Waals surface area (Å²) in [5.41, 5.74) is 6.59. The molecule has 0 aromatic rings. The third-order valence-electron chi connectivity index (χ3n) is 4.59. The molecule has 2 aliphatic rings. The lowest BCUT2D eigenvalue weighted by Crippen LogP contribution is -2.73. The number of nitrogens with one attached hydrogen (secondary N) is 3. The van der Waals surface area contributed by atoms with E-state index in [4.69, 9.17) is 5.73 Å². The molecular formula is C15H34N6. The van der Waals surface area contributed by atoms with E-state index < -0.39 is 0 Å². The Labute approximate surface area is 129 Å². The number of rotatable bonds is 8. The van der Waals surface area contributed by atoms with Crippen LogP contribution in [0.1, 0.15) is 26.2 Å². The Balaban J connectivity index is 1.77. The Bertz CT molecular complexity index is 273. The van der Waals surface area contributed by atoms with Crippen molar-refractivity contribution < 1.29 is 0 Å². The fourth-order valence-electron chi connectivity index (χ4n) is 3.21. The van der Waals surface area contributed by atoms with E-state index in [1.807, 2.05) is 0 Å². The minimum atomic E-state index is -0.364. The molecule has 0 aromatic heterocycles. The number of nitrogens with two attached hydrogens (primary N) is 1.